The molecule has 26 heavy (non-hydrogen) atoms. The minimum absolute atomic E-state index is 0.112. The molecule has 1 aromatic heterocycles. The molecule has 1 aromatic carbocycles. The molecular weight excluding hydrogens is 359 g/mol. The van der Waals surface area contributed by atoms with Gasteiger partial charge in [0, 0.05) is 6.20 Å². The number of anilines is 1. The van der Waals surface area contributed by atoms with E-state index in [4.69, 9.17) is 0 Å². The fourth-order valence-corrected chi connectivity index (χ4v) is 2.64. The number of amides is 1. The Morgan fingerprint density at radius 2 is 1.92 bits per heavy atom. The number of carbonyl (C=O) groups excluding carboxylic acids is 1. The lowest BCUT2D eigenvalue weighted by atomic mass is 10.1. The second-order valence-electron chi connectivity index (χ2n) is 5.68. The fourth-order valence-electron chi connectivity index (χ4n) is 2.64. The van der Waals surface area contributed by atoms with Gasteiger partial charge in [0.25, 0.3) is 0 Å². The molecule has 4 nitrogen and oxygen atoms in total. The van der Waals surface area contributed by atoms with Crippen LogP contribution in [-0.4, -0.2) is 17.0 Å². The first-order valence-electron chi connectivity index (χ1n) is 7.66. The van der Waals surface area contributed by atoms with Crippen LogP contribution in [0.5, 0.6) is 5.75 Å². The van der Waals surface area contributed by atoms with E-state index in [0.717, 1.165) is 23.2 Å². The average Bonchev–Trinajstić information content (AvgIpc) is 2.58. The third kappa shape index (κ3) is 3.21. The van der Waals surface area contributed by atoms with Crippen molar-refractivity contribution in [1.29, 1.82) is 0 Å². The third-order valence-corrected chi connectivity index (χ3v) is 3.93. The number of aromatic nitrogens is 1. The molecule has 1 aliphatic heterocycles. The van der Waals surface area contributed by atoms with Crippen LogP contribution in [-0.2, 0) is 23.9 Å². The van der Waals surface area contributed by atoms with Crippen molar-refractivity contribution in [1.82, 2.24) is 4.98 Å². The Labute approximate surface area is 145 Å². The molecule has 0 unspecified atom stereocenters. The molecule has 9 heteroatoms. The van der Waals surface area contributed by atoms with Crippen LogP contribution in [0.1, 0.15) is 23.7 Å². The molecule has 0 fully saturated rings. The van der Waals surface area contributed by atoms with E-state index in [1.54, 1.807) is 19.1 Å². The highest BCUT2D eigenvalue weighted by atomic mass is 19.4. The van der Waals surface area contributed by atoms with Crippen LogP contribution in [0.2, 0.25) is 0 Å². The number of hydrogen-bond donors (Lipinski definition) is 0. The number of hydrogen-bond acceptors (Lipinski definition) is 3. The minimum atomic E-state index is -4.61. The molecule has 0 saturated carbocycles. The zero-order valence-electron chi connectivity index (χ0n) is 13.5. The second-order valence-corrected chi connectivity index (χ2v) is 5.68. The van der Waals surface area contributed by atoms with Gasteiger partial charge in [0.05, 0.1) is 12.2 Å². The quantitative estimate of drug-likeness (QED) is 0.759. The van der Waals surface area contributed by atoms with E-state index < -0.39 is 23.9 Å². The van der Waals surface area contributed by atoms with Gasteiger partial charge in [-0.1, -0.05) is 25.1 Å². The monoisotopic (exact) mass is 372 g/mol. The normalized spacial score (nSPS) is 16.2. The first-order valence-corrected chi connectivity index (χ1v) is 7.66. The van der Waals surface area contributed by atoms with Gasteiger partial charge in [-0.25, -0.2) is 0 Å². The van der Waals surface area contributed by atoms with Gasteiger partial charge in [0.15, 0.2) is 5.75 Å². The van der Waals surface area contributed by atoms with E-state index in [1.165, 1.54) is 6.07 Å². The summed E-state index contributed by atoms with van der Waals surface area (Å²) in [7, 11) is 0. The molecule has 138 valence electrons. The number of ether oxygens (including phenoxy) is 1. The predicted molar refractivity (Wildman–Crippen MR) is 81.8 cm³/mol. The summed E-state index contributed by atoms with van der Waals surface area (Å²) in [6.07, 6.45) is -7.35. The Kier molecular flexibility index (Phi) is 4.33. The SMILES string of the molecule is CCc1cccc2c1OC(F)(F)C(=O)N2Cc1ccc(C(F)(F)F)nc1. The topological polar surface area (TPSA) is 42.4 Å². The zero-order valence-corrected chi connectivity index (χ0v) is 13.5. The number of rotatable bonds is 3. The van der Waals surface area contributed by atoms with Crippen molar-refractivity contribution in [2.75, 3.05) is 4.90 Å². The largest absolute Gasteiger partial charge is 0.483 e. The molecule has 0 aliphatic carbocycles. The number of benzene rings is 1. The summed E-state index contributed by atoms with van der Waals surface area (Å²) >= 11 is 0. The van der Waals surface area contributed by atoms with Gasteiger partial charge in [-0.2, -0.15) is 22.0 Å². The molecule has 2 aromatic rings. The second kappa shape index (κ2) is 6.22. The molecule has 0 N–H and O–H groups in total. The third-order valence-electron chi connectivity index (χ3n) is 3.93. The first-order chi connectivity index (χ1) is 12.1. The first kappa shape index (κ1) is 18.1. The highest BCUT2D eigenvalue weighted by molar-refractivity contribution is 6.01. The Morgan fingerprint density at radius 3 is 2.50 bits per heavy atom. The van der Waals surface area contributed by atoms with Crippen molar-refractivity contribution in [2.24, 2.45) is 0 Å². The van der Waals surface area contributed by atoms with Gasteiger partial charge in [-0.3, -0.25) is 14.7 Å². The van der Waals surface area contributed by atoms with E-state index in [2.05, 4.69) is 9.72 Å². The van der Waals surface area contributed by atoms with Crippen LogP contribution in [0, 0.1) is 0 Å². The van der Waals surface area contributed by atoms with Crippen LogP contribution < -0.4 is 9.64 Å². The van der Waals surface area contributed by atoms with Crippen LogP contribution in [0.3, 0.4) is 0 Å². The van der Waals surface area contributed by atoms with E-state index in [9.17, 15) is 26.7 Å². The van der Waals surface area contributed by atoms with Gasteiger partial charge >= 0.3 is 18.2 Å². The van der Waals surface area contributed by atoms with Gasteiger partial charge in [-0.05, 0) is 29.7 Å². The van der Waals surface area contributed by atoms with Crippen LogP contribution in [0.4, 0.5) is 27.6 Å². The van der Waals surface area contributed by atoms with Crippen LogP contribution in [0.15, 0.2) is 36.5 Å². The molecule has 1 amide bonds. The molecule has 0 atom stereocenters. The Bertz CT molecular complexity index is 834. The van der Waals surface area contributed by atoms with Crippen LogP contribution in [0.25, 0.3) is 0 Å². The standard InChI is InChI=1S/C17H13F5N2O2/c1-2-11-4-3-5-12-14(11)26-17(21,22)15(25)24(12)9-10-6-7-13(23-8-10)16(18,19)20/h3-8H,2,9H2,1H3. The summed E-state index contributed by atoms with van der Waals surface area (Å²) in [6, 6.07) is 6.47. The number of alkyl halides is 5. The smallest absolute Gasteiger partial charge is 0.423 e. The van der Waals surface area contributed by atoms with E-state index in [1.807, 2.05) is 0 Å². The highest BCUT2D eigenvalue weighted by Gasteiger charge is 2.51. The molecule has 2 heterocycles. The Balaban J connectivity index is 1.98. The van der Waals surface area contributed by atoms with Crippen molar-refractivity contribution in [2.45, 2.75) is 32.2 Å². The van der Waals surface area contributed by atoms with Gasteiger partial charge < -0.3 is 4.74 Å². The Morgan fingerprint density at radius 1 is 1.19 bits per heavy atom. The van der Waals surface area contributed by atoms with Crippen LogP contribution >= 0.6 is 0 Å². The number of pyridine rings is 1. The van der Waals surface area contributed by atoms with Crippen molar-refractivity contribution in [3.05, 3.63) is 53.3 Å². The number of nitrogens with zero attached hydrogens (tertiary/aromatic N) is 2. The van der Waals surface area contributed by atoms with Crippen molar-refractivity contribution >= 4 is 11.6 Å². The van der Waals surface area contributed by atoms with Crippen molar-refractivity contribution in [3.8, 4) is 5.75 Å². The van der Waals surface area contributed by atoms with Crippen molar-refractivity contribution in [3.63, 3.8) is 0 Å². The summed E-state index contributed by atoms with van der Waals surface area (Å²) in [5.41, 5.74) is -0.296. The van der Waals surface area contributed by atoms with Gasteiger partial charge in [-0.15, -0.1) is 0 Å². The summed E-state index contributed by atoms with van der Waals surface area (Å²) < 4.78 is 70.3. The maximum absolute atomic E-state index is 14.0. The fraction of sp³-hybridized carbons (Fsp3) is 0.294. The molecule has 0 saturated heterocycles. The van der Waals surface area contributed by atoms with Gasteiger partial charge in [0.1, 0.15) is 5.69 Å². The Hall–Kier alpha value is -2.71. The summed E-state index contributed by atoms with van der Waals surface area (Å²) in [6.45, 7) is 1.39. The number of para-hydroxylation sites is 1. The predicted octanol–water partition coefficient (Wildman–Crippen LogP) is 4.18. The molecule has 1 aliphatic rings. The maximum Gasteiger partial charge on any atom is 0.483 e. The summed E-state index contributed by atoms with van der Waals surface area (Å²) in [4.78, 5) is 16.2. The number of carbonyl (C=O) groups is 1. The van der Waals surface area contributed by atoms with E-state index in [-0.39, 0.29) is 23.5 Å². The number of halogens is 5. The highest BCUT2D eigenvalue weighted by Crippen LogP contribution is 2.42. The average molecular weight is 372 g/mol. The van der Waals surface area contributed by atoms with Gasteiger partial charge in [0.2, 0.25) is 0 Å². The maximum atomic E-state index is 14.0. The summed E-state index contributed by atoms with van der Waals surface area (Å²) in [5.74, 6) is -1.70. The van der Waals surface area contributed by atoms with E-state index >= 15 is 0 Å². The molecule has 0 radical (unpaired) electrons. The molecular formula is C17H13F5N2O2. The minimum Gasteiger partial charge on any atom is -0.423 e. The number of fused-ring (bicyclic) bond motifs is 1. The number of aryl methyl sites for hydroxylation is 1. The van der Waals surface area contributed by atoms with Crippen molar-refractivity contribution < 1.29 is 31.5 Å². The van der Waals surface area contributed by atoms with E-state index in [0.29, 0.717) is 12.0 Å². The lowest BCUT2D eigenvalue weighted by molar-refractivity contribution is -0.193. The lowest BCUT2D eigenvalue weighted by Gasteiger charge is -2.34. The molecule has 0 spiro atoms. The molecule has 3 rings (SSSR count). The lowest BCUT2D eigenvalue weighted by Crippen LogP contribution is -2.50. The summed E-state index contributed by atoms with van der Waals surface area (Å²) in [5, 5.41) is 0. The molecule has 0 bridgehead atoms. The zero-order chi connectivity index (χ0) is 19.1.